The zero-order valence-electron chi connectivity index (χ0n) is 10.5. The number of piperazine rings is 1. The van der Waals surface area contributed by atoms with E-state index < -0.39 is 0 Å². The van der Waals surface area contributed by atoms with E-state index in [0.29, 0.717) is 0 Å². The second-order valence-electron chi connectivity index (χ2n) is 4.72. The Morgan fingerprint density at radius 2 is 1.88 bits per heavy atom. The van der Waals surface area contributed by atoms with E-state index >= 15 is 0 Å². The van der Waals surface area contributed by atoms with E-state index in [1.807, 2.05) is 12.1 Å². The van der Waals surface area contributed by atoms with E-state index in [9.17, 15) is 0 Å². The highest BCUT2D eigenvalue weighted by Gasteiger charge is 2.17. The number of hydrogen-bond donors (Lipinski definition) is 2. The molecule has 0 amide bonds. The number of rotatable bonds is 2. The molecule has 0 aromatic heterocycles. The lowest BCUT2D eigenvalue weighted by molar-refractivity contribution is 0.313. The molecule has 1 aromatic rings. The molecule has 1 aliphatic rings. The minimum absolute atomic E-state index is 0.152. The molecule has 0 atom stereocenters. The van der Waals surface area contributed by atoms with Crippen molar-refractivity contribution >= 4 is 11.5 Å². The Balaban J connectivity index is 2.30. The van der Waals surface area contributed by atoms with Gasteiger partial charge in [0.25, 0.3) is 0 Å². The van der Waals surface area contributed by atoms with Crippen LogP contribution in [-0.4, -0.2) is 44.0 Å². The van der Waals surface area contributed by atoms with Gasteiger partial charge in [0, 0.05) is 37.4 Å². The number of anilines is 1. The number of aryl methyl sites for hydroxylation is 1. The lowest BCUT2D eigenvalue weighted by Crippen LogP contribution is -2.45. The maximum atomic E-state index is 7.65. The van der Waals surface area contributed by atoms with Crippen molar-refractivity contribution in [2.75, 3.05) is 38.1 Å². The second kappa shape index (κ2) is 4.75. The highest BCUT2D eigenvalue weighted by Crippen LogP contribution is 2.23. The van der Waals surface area contributed by atoms with Gasteiger partial charge in [0.05, 0.1) is 0 Å². The summed E-state index contributed by atoms with van der Waals surface area (Å²) < 4.78 is 0. The monoisotopic (exact) mass is 232 g/mol. The van der Waals surface area contributed by atoms with Crippen molar-refractivity contribution in [1.82, 2.24) is 4.90 Å². The summed E-state index contributed by atoms with van der Waals surface area (Å²) in [6.45, 7) is 6.19. The maximum Gasteiger partial charge on any atom is 0.124 e. The topological polar surface area (TPSA) is 56.4 Å². The zero-order chi connectivity index (χ0) is 12.4. The minimum atomic E-state index is 0.152. The third-order valence-electron chi connectivity index (χ3n) is 3.29. The summed E-state index contributed by atoms with van der Waals surface area (Å²) in [5.41, 5.74) is 8.81. The number of nitrogens with zero attached hydrogens (tertiary/aromatic N) is 2. The van der Waals surface area contributed by atoms with Crippen molar-refractivity contribution in [3.8, 4) is 0 Å². The summed E-state index contributed by atoms with van der Waals surface area (Å²) in [6.07, 6.45) is 0. The molecule has 1 fully saturated rings. The Labute approximate surface area is 103 Å². The Bertz CT molecular complexity index is 419. The van der Waals surface area contributed by atoms with Crippen LogP contribution in [0.15, 0.2) is 18.2 Å². The van der Waals surface area contributed by atoms with Crippen LogP contribution < -0.4 is 10.6 Å². The number of amidine groups is 1. The van der Waals surface area contributed by atoms with E-state index in [0.717, 1.165) is 37.4 Å². The molecule has 1 aliphatic heterocycles. The van der Waals surface area contributed by atoms with Crippen LogP contribution in [0.3, 0.4) is 0 Å². The van der Waals surface area contributed by atoms with Gasteiger partial charge in [0.1, 0.15) is 5.84 Å². The fourth-order valence-corrected chi connectivity index (χ4v) is 2.18. The van der Waals surface area contributed by atoms with E-state index in [4.69, 9.17) is 11.1 Å². The van der Waals surface area contributed by atoms with E-state index in [2.05, 4.69) is 29.8 Å². The van der Waals surface area contributed by atoms with Gasteiger partial charge in [-0.2, -0.15) is 0 Å². The Hall–Kier alpha value is -1.55. The van der Waals surface area contributed by atoms with Gasteiger partial charge in [-0.15, -0.1) is 0 Å². The van der Waals surface area contributed by atoms with Gasteiger partial charge in [-0.1, -0.05) is 6.07 Å². The molecule has 3 N–H and O–H groups in total. The molecule has 1 saturated heterocycles. The summed E-state index contributed by atoms with van der Waals surface area (Å²) in [5.74, 6) is 0.152. The van der Waals surface area contributed by atoms with Crippen molar-refractivity contribution in [3.05, 3.63) is 29.3 Å². The summed E-state index contributed by atoms with van der Waals surface area (Å²) in [4.78, 5) is 4.64. The first kappa shape index (κ1) is 11.9. The van der Waals surface area contributed by atoms with Crippen LogP contribution in [0.25, 0.3) is 0 Å². The predicted molar refractivity (Wildman–Crippen MR) is 71.9 cm³/mol. The Kier molecular flexibility index (Phi) is 3.33. The summed E-state index contributed by atoms with van der Waals surface area (Å²) in [6, 6.07) is 6.09. The molecule has 0 bridgehead atoms. The molecule has 0 spiro atoms. The van der Waals surface area contributed by atoms with Crippen molar-refractivity contribution in [2.45, 2.75) is 6.92 Å². The summed E-state index contributed by atoms with van der Waals surface area (Å²) in [5, 5.41) is 7.65. The molecule has 17 heavy (non-hydrogen) atoms. The average Bonchev–Trinajstić information content (AvgIpc) is 2.29. The third kappa shape index (κ3) is 2.58. The summed E-state index contributed by atoms with van der Waals surface area (Å²) >= 11 is 0. The van der Waals surface area contributed by atoms with E-state index in [-0.39, 0.29) is 5.84 Å². The Morgan fingerprint density at radius 1 is 1.24 bits per heavy atom. The van der Waals surface area contributed by atoms with Crippen LogP contribution in [0.2, 0.25) is 0 Å². The van der Waals surface area contributed by atoms with Gasteiger partial charge in [-0.3, -0.25) is 5.41 Å². The molecule has 0 unspecified atom stereocenters. The van der Waals surface area contributed by atoms with Crippen LogP contribution >= 0.6 is 0 Å². The standard InChI is InChI=1S/C13H20N4/c1-10-3-4-11(13(14)15)12(9-10)17-7-5-16(2)6-8-17/h3-4,9H,5-8H2,1-2H3,(H3,14,15). The number of nitrogens with one attached hydrogen (secondary N) is 1. The minimum Gasteiger partial charge on any atom is -0.384 e. The molecular weight excluding hydrogens is 212 g/mol. The van der Waals surface area contributed by atoms with Gasteiger partial charge in [-0.25, -0.2) is 0 Å². The number of nitrogens with two attached hydrogens (primary N) is 1. The van der Waals surface area contributed by atoms with E-state index in [1.54, 1.807) is 0 Å². The van der Waals surface area contributed by atoms with Crippen molar-refractivity contribution in [1.29, 1.82) is 5.41 Å². The lowest BCUT2D eigenvalue weighted by Gasteiger charge is -2.35. The molecule has 1 heterocycles. The summed E-state index contributed by atoms with van der Waals surface area (Å²) in [7, 11) is 2.14. The highest BCUT2D eigenvalue weighted by molar-refractivity contribution is 6.00. The van der Waals surface area contributed by atoms with Gasteiger partial charge in [-0.05, 0) is 31.7 Å². The number of hydrogen-bond acceptors (Lipinski definition) is 3. The van der Waals surface area contributed by atoms with Gasteiger partial charge >= 0.3 is 0 Å². The molecule has 0 aliphatic carbocycles. The van der Waals surface area contributed by atoms with Crippen molar-refractivity contribution < 1.29 is 0 Å². The molecule has 4 heteroatoms. The SMILES string of the molecule is Cc1ccc(C(=N)N)c(N2CCN(C)CC2)c1. The fraction of sp³-hybridized carbons (Fsp3) is 0.462. The van der Waals surface area contributed by atoms with Gasteiger partial charge in [0.2, 0.25) is 0 Å². The normalized spacial score (nSPS) is 17.2. The second-order valence-corrected chi connectivity index (χ2v) is 4.72. The zero-order valence-corrected chi connectivity index (χ0v) is 10.5. The molecule has 2 rings (SSSR count). The number of nitrogen functional groups attached to an aromatic ring is 1. The molecule has 0 saturated carbocycles. The molecule has 4 nitrogen and oxygen atoms in total. The van der Waals surface area contributed by atoms with Crippen molar-refractivity contribution in [3.63, 3.8) is 0 Å². The van der Waals surface area contributed by atoms with Gasteiger partial charge < -0.3 is 15.5 Å². The first-order valence-electron chi connectivity index (χ1n) is 5.96. The fourth-order valence-electron chi connectivity index (χ4n) is 2.18. The largest absolute Gasteiger partial charge is 0.384 e. The van der Waals surface area contributed by atoms with Crippen LogP contribution in [0.4, 0.5) is 5.69 Å². The maximum absolute atomic E-state index is 7.65. The first-order valence-corrected chi connectivity index (χ1v) is 5.96. The first-order chi connectivity index (χ1) is 8.08. The van der Waals surface area contributed by atoms with Crippen molar-refractivity contribution in [2.24, 2.45) is 5.73 Å². The van der Waals surface area contributed by atoms with Gasteiger partial charge in [0.15, 0.2) is 0 Å². The lowest BCUT2D eigenvalue weighted by atomic mass is 10.1. The third-order valence-corrected chi connectivity index (χ3v) is 3.29. The molecule has 0 radical (unpaired) electrons. The predicted octanol–water partition coefficient (Wildman–Crippen LogP) is 1.03. The quantitative estimate of drug-likeness (QED) is 0.591. The smallest absolute Gasteiger partial charge is 0.124 e. The van der Waals surface area contributed by atoms with Crippen LogP contribution in [0, 0.1) is 12.3 Å². The van der Waals surface area contributed by atoms with Crippen LogP contribution in [0.5, 0.6) is 0 Å². The molecule has 92 valence electrons. The highest BCUT2D eigenvalue weighted by atomic mass is 15.2. The molecule has 1 aromatic carbocycles. The Morgan fingerprint density at radius 3 is 2.47 bits per heavy atom. The average molecular weight is 232 g/mol. The van der Waals surface area contributed by atoms with Crippen LogP contribution in [-0.2, 0) is 0 Å². The number of likely N-dealkylation sites (N-methyl/N-ethyl adjacent to an activating group) is 1. The number of benzene rings is 1. The van der Waals surface area contributed by atoms with E-state index in [1.165, 1.54) is 5.56 Å². The van der Waals surface area contributed by atoms with Crippen LogP contribution in [0.1, 0.15) is 11.1 Å². The molecular formula is C13H20N4.